The maximum Gasteiger partial charge on any atom is 0.267 e. The Hall–Kier alpha value is -2.02. The molecule has 106 valence electrons. The van der Waals surface area contributed by atoms with E-state index in [-0.39, 0.29) is 4.90 Å². The van der Waals surface area contributed by atoms with Crippen molar-refractivity contribution in [3.63, 3.8) is 0 Å². The van der Waals surface area contributed by atoms with Crippen LogP contribution in [0.5, 0.6) is 0 Å². The van der Waals surface area contributed by atoms with Crippen molar-refractivity contribution < 1.29 is 8.42 Å². The van der Waals surface area contributed by atoms with Crippen molar-refractivity contribution in [3.8, 4) is 0 Å². The van der Waals surface area contributed by atoms with Gasteiger partial charge in [-0.1, -0.05) is 6.07 Å². The zero-order valence-corrected chi connectivity index (χ0v) is 12.0. The van der Waals surface area contributed by atoms with Crippen LogP contribution >= 0.6 is 0 Å². The third-order valence-electron chi connectivity index (χ3n) is 3.51. The van der Waals surface area contributed by atoms with Gasteiger partial charge in [-0.25, -0.2) is 8.42 Å². The number of anilines is 2. The molecule has 0 atom stereocenters. The van der Waals surface area contributed by atoms with Crippen LogP contribution in [-0.2, 0) is 23.5 Å². The average Bonchev–Trinajstić information content (AvgIpc) is 2.86. The second kappa shape index (κ2) is 4.52. The number of nitrogens with two attached hydrogens (primary N) is 1. The molecule has 0 saturated carbocycles. The molecule has 2 aromatic rings. The number of rotatable bonds is 2. The van der Waals surface area contributed by atoms with Crippen molar-refractivity contribution in [2.24, 2.45) is 7.05 Å². The highest BCUT2D eigenvalue weighted by atomic mass is 32.2. The fraction of sp³-hybridized carbons (Fsp3) is 0.308. The summed E-state index contributed by atoms with van der Waals surface area (Å²) in [5, 5.41) is 3.94. The zero-order chi connectivity index (χ0) is 14.3. The summed E-state index contributed by atoms with van der Waals surface area (Å²) in [6, 6.07) is 5.39. The Bertz CT molecular complexity index is 751. The van der Waals surface area contributed by atoms with Gasteiger partial charge >= 0.3 is 0 Å². The van der Waals surface area contributed by atoms with Crippen molar-refractivity contribution in [3.05, 3.63) is 36.2 Å². The summed E-state index contributed by atoms with van der Waals surface area (Å²) in [6.07, 6.45) is 4.45. The van der Waals surface area contributed by atoms with E-state index in [1.165, 1.54) is 21.4 Å². The van der Waals surface area contributed by atoms with Gasteiger partial charge in [-0.2, -0.15) is 5.10 Å². The summed E-state index contributed by atoms with van der Waals surface area (Å²) in [7, 11) is -1.88. The Morgan fingerprint density at radius 1 is 1.35 bits per heavy atom. The molecule has 20 heavy (non-hydrogen) atoms. The number of sulfonamides is 1. The summed E-state index contributed by atoms with van der Waals surface area (Å²) in [5.74, 6) is 0. The largest absolute Gasteiger partial charge is 0.398 e. The van der Waals surface area contributed by atoms with Gasteiger partial charge in [0.15, 0.2) is 0 Å². The molecular weight excluding hydrogens is 276 g/mol. The summed E-state index contributed by atoms with van der Waals surface area (Å²) in [5.41, 5.74) is 8.19. The lowest BCUT2D eigenvalue weighted by Gasteiger charge is -2.30. The lowest BCUT2D eigenvalue weighted by molar-refractivity contribution is 0.586. The van der Waals surface area contributed by atoms with Crippen LogP contribution in [0.25, 0.3) is 0 Å². The standard InChI is InChI=1S/C13H16N4O2S/c1-16-9-10(8-15-16)20(18,19)17-7-3-4-11-12(14)5-2-6-13(11)17/h2,5-6,8-9H,3-4,7,14H2,1H3. The molecule has 2 N–H and O–H groups in total. The molecule has 0 spiro atoms. The monoisotopic (exact) mass is 292 g/mol. The van der Waals surface area contributed by atoms with Gasteiger partial charge in [-0.15, -0.1) is 0 Å². The van der Waals surface area contributed by atoms with Gasteiger partial charge in [-0.05, 0) is 30.5 Å². The van der Waals surface area contributed by atoms with Crippen molar-refractivity contribution in [2.45, 2.75) is 17.7 Å². The van der Waals surface area contributed by atoms with E-state index in [2.05, 4.69) is 5.10 Å². The van der Waals surface area contributed by atoms with E-state index < -0.39 is 10.0 Å². The SMILES string of the molecule is Cn1cc(S(=O)(=O)N2CCCc3c(N)cccc32)cn1. The Morgan fingerprint density at radius 3 is 2.85 bits per heavy atom. The molecule has 0 fully saturated rings. The Kier molecular flexibility index (Phi) is 2.93. The van der Waals surface area contributed by atoms with Crippen LogP contribution in [0.2, 0.25) is 0 Å². The molecule has 0 amide bonds. The van der Waals surface area contributed by atoms with Crippen LogP contribution in [0.15, 0.2) is 35.5 Å². The number of nitrogen functional groups attached to an aromatic ring is 1. The van der Waals surface area contributed by atoms with Crippen LogP contribution in [0, 0.1) is 0 Å². The maximum atomic E-state index is 12.7. The van der Waals surface area contributed by atoms with Crippen molar-refractivity contribution >= 4 is 21.4 Å². The number of aromatic nitrogens is 2. The van der Waals surface area contributed by atoms with Gasteiger partial charge in [0.25, 0.3) is 10.0 Å². The molecule has 1 aliphatic heterocycles. The van der Waals surface area contributed by atoms with E-state index in [9.17, 15) is 8.42 Å². The first-order valence-electron chi connectivity index (χ1n) is 6.39. The van der Waals surface area contributed by atoms with Crippen LogP contribution in [0.4, 0.5) is 11.4 Å². The van der Waals surface area contributed by atoms with Gasteiger partial charge in [0.05, 0.1) is 11.9 Å². The van der Waals surface area contributed by atoms with Crippen molar-refractivity contribution in [1.29, 1.82) is 0 Å². The Morgan fingerprint density at radius 2 is 2.15 bits per heavy atom. The number of nitrogens with zero attached hydrogens (tertiary/aromatic N) is 3. The number of benzene rings is 1. The summed E-state index contributed by atoms with van der Waals surface area (Å²) in [6.45, 7) is 0.466. The topological polar surface area (TPSA) is 81.2 Å². The van der Waals surface area contributed by atoms with E-state index in [0.717, 1.165) is 18.4 Å². The third-order valence-corrected chi connectivity index (χ3v) is 5.28. The maximum absolute atomic E-state index is 12.7. The summed E-state index contributed by atoms with van der Waals surface area (Å²) in [4.78, 5) is 0.204. The third kappa shape index (κ3) is 1.94. The van der Waals surface area contributed by atoms with E-state index >= 15 is 0 Å². The fourth-order valence-electron chi connectivity index (χ4n) is 2.53. The molecule has 1 aromatic carbocycles. The van der Waals surface area contributed by atoms with Crippen LogP contribution in [0.3, 0.4) is 0 Å². The van der Waals surface area contributed by atoms with E-state index in [1.807, 2.05) is 0 Å². The summed E-state index contributed by atoms with van der Waals surface area (Å²) >= 11 is 0. The van der Waals surface area contributed by atoms with Gasteiger partial charge in [-0.3, -0.25) is 8.99 Å². The van der Waals surface area contributed by atoms with Gasteiger partial charge in [0.2, 0.25) is 0 Å². The highest BCUT2D eigenvalue weighted by Gasteiger charge is 2.30. The predicted octanol–water partition coefficient (Wildman–Crippen LogP) is 1.14. The number of hydrogen-bond donors (Lipinski definition) is 1. The first-order valence-corrected chi connectivity index (χ1v) is 7.83. The highest BCUT2D eigenvalue weighted by molar-refractivity contribution is 7.92. The van der Waals surface area contributed by atoms with Crippen LogP contribution < -0.4 is 10.0 Å². The molecule has 0 saturated heterocycles. The molecule has 2 heterocycles. The molecule has 6 nitrogen and oxygen atoms in total. The fourth-order valence-corrected chi connectivity index (χ4v) is 4.05. The molecule has 0 bridgehead atoms. The van der Waals surface area contributed by atoms with Gasteiger partial charge < -0.3 is 5.73 Å². The highest BCUT2D eigenvalue weighted by Crippen LogP contribution is 2.34. The predicted molar refractivity (Wildman–Crippen MR) is 76.9 cm³/mol. The lowest BCUT2D eigenvalue weighted by Crippen LogP contribution is -2.35. The first kappa shape index (κ1) is 13.0. The second-order valence-electron chi connectivity index (χ2n) is 4.88. The quantitative estimate of drug-likeness (QED) is 0.842. The van der Waals surface area contributed by atoms with E-state index in [4.69, 9.17) is 5.73 Å². The first-order chi connectivity index (χ1) is 9.50. The van der Waals surface area contributed by atoms with Crippen molar-refractivity contribution in [2.75, 3.05) is 16.6 Å². The molecule has 3 rings (SSSR count). The molecule has 0 unspecified atom stereocenters. The second-order valence-corrected chi connectivity index (χ2v) is 6.74. The van der Waals surface area contributed by atoms with E-state index in [1.54, 1.807) is 25.2 Å². The minimum absolute atomic E-state index is 0.204. The Labute approximate surface area is 117 Å². The molecule has 0 aliphatic carbocycles. The Balaban J connectivity index is 2.11. The molecular formula is C13H16N4O2S. The number of fused-ring (bicyclic) bond motifs is 1. The smallest absolute Gasteiger partial charge is 0.267 e. The zero-order valence-electron chi connectivity index (χ0n) is 11.2. The minimum Gasteiger partial charge on any atom is -0.398 e. The molecule has 1 aliphatic rings. The average molecular weight is 292 g/mol. The van der Waals surface area contributed by atoms with Gasteiger partial charge in [0, 0.05) is 25.5 Å². The minimum atomic E-state index is -3.58. The van der Waals surface area contributed by atoms with E-state index in [0.29, 0.717) is 17.9 Å². The number of aryl methyl sites for hydroxylation is 1. The molecule has 1 aromatic heterocycles. The summed E-state index contributed by atoms with van der Waals surface area (Å²) < 4.78 is 28.3. The van der Waals surface area contributed by atoms with Crippen LogP contribution in [-0.4, -0.2) is 24.7 Å². The van der Waals surface area contributed by atoms with Crippen LogP contribution in [0.1, 0.15) is 12.0 Å². The normalized spacial score (nSPS) is 15.2. The van der Waals surface area contributed by atoms with Crippen molar-refractivity contribution in [1.82, 2.24) is 9.78 Å². The molecule has 7 heteroatoms. The lowest BCUT2D eigenvalue weighted by atomic mass is 10.0. The number of hydrogen-bond acceptors (Lipinski definition) is 4. The van der Waals surface area contributed by atoms with Gasteiger partial charge in [0.1, 0.15) is 4.90 Å². The molecule has 0 radical (unpaired) electrons.